The van der Waals surface area contributed by atoms with Crippen molar-refractivity contribution in [3.8, 4) is 6.07 Å². The lowest BCUT2D eigenvalue weighted by molar-refractivity contribution is 0.607. The second-order valence-electron chi connectivity index (χ2n) is 3.45. The number of nitriles is 1. The summed E-state index contributed by atoms with van der Waals surface area (Å²) in [5.41, 5.74) is 0. The molecule has 0 aliphatic carbocycles. The van der Waals surface area contributed by atoms with Crippen LogP contribution in [0.15, 0.2) is 0 Å². The summed E-state index contributed by atoms with van der Waals surface area (Å²) in [5.74, 6) is 1.35. The Morgan fingerprint density at radius 3 is 3.08 bits per heavy atom. The molecule has 1 fully saturated rings. The van der Waals surface area contributed by atoms with Crippen molar-refractivity contribution in [1.82, 2.24) is 5.32 Å². The fraction of sp³-hybridized carbons (Fsp3) is 0.900. The molecule has 0 radical (unpaired) electrons. The van der Waals surface area contributed by atoms with Crippen LogP contribution < -0.4 is 5.32 Å². The molecule has 1 saturated heterocycles. The molecule has 0 amide bonds. The molecule has 0 spiro atoms. The van der Waals surface area contributed by atoms with Crippen LogP contribution in [0.5, 0.6) is 0 Å². The standard InChI is InChI=1S/C10H18N2S/c11-6-2-1-3-7-12-9-10-5-4-8-13-10/h10,12H,1-5,7-9H2. The van der Waals surface area contributed by atoms with Crippen molar-refractivity contribution < 1.29 is 0 Å². The molecule has 0 aromatic carbocycles. The molecule has 13 heavy (non-hydrogen) atoms. The Labute approximate surface area is 85.1 Å². The number of nitrogens with one attached hydrogen (secondary N) is 1. The van der Waals surface area contributed by atoms with E-state index in [2.05, 4.69) is 23.1 Å². The summed E-state index contributed by atoms with van der Waals surface area (Å²) >= 11 is 2.10. The molecular formula is C10H18N2S. The molecule has 0 bridgehead atoms. The number of thioether (sulfide) groups is 1. The van der Waals surface area contributed by atoms with Crippen molar-refractivity contribution in [2.24, 2.45) is 0 Å². The van der Waals surface area contributed by atoms with Gasteiger partial charge in [0.15, 0.2) is 0 Å². The van der Waals surface area contributed by atoms with Gasteiger partial charge in [-0.15, -0.1) is 0 Å². The van der Waals surface area contributed by atoms with Gasteiger partial charge >= 0.3 is 0 Å². The number of unbranched alkanes of at least 4 members (excludes halogenated alkanes) is 2. The average Bonchev–Trinajstić information content (AvgIpc) is 2.63. The fourth-order valence-electron chi connectivity index (χ4n) is 1.52. The molecule has 3 heteroatoms. The van der Waals surface area contributed by atoms with Crippen LogP contribution in [-0.2, 0) is 0 Å². The summed E-state index contributed by atoms with van der Waals surface area (Å²) in [6.45, 7) is 2.25. The van der Waals surface area contributed by atoms with Crippen molar-refractivity contribution in [3.05, 3.63) is 0 Å². The Morgan fingerprint density at radius 1 is 1.46 bits per heavy atom. The molecule has 1 N–H and O–H groups in total. The van der Waals surface area contributed by atoms with E-state index in [-0.39, 0.29) is 0 Å². The highest BCUT2D eigenvalue weighted by Gasteiger charge is 2.13. The van der Waals surface area contributed by atoms with Crippen LogP contribution in [0.4, 0.5) is 0 Å². The normalized spacial score (nSPS) is 21.6. The molecule has 0 aromatic heterocycles. The maximum Gasteiger partial charge on any atom is 0.0621 e. The first kappa shape index (κ1) is 10.9. The van der Waals surface area contributed by atoms with Gasteiger partial charge in [-0.05, 0) is 38.0 Å². The SMILES string of the molecule is N#CCCCCNCC1CCCS1. The largest absolute Gasteiger partial charge is 0.316 e. The van der Waals surface area contributed by atoms with E-state index in [0.29, 0.717) is 6.42 Å². The molecule has 2 nitrogen and oxygen atoms in total. The van der Waals surface area contributed by atoms with E-state index in [1.165, 1.54) is 18.6 Å². The van der Waals surface area contributed by atoms with Crippen molar-refractivity contribution in [1.29, 1.82) is 5.26 Å². The van der Waals surface area contributed by atoms with E-state index in [4.69, 9.17) is 5.26 Å². The van der Waals surface area contributed by atoms with Crippen molar-refractivity contribution in [2.45, 2.75) is 37.4 Å². The summed E-state index contributed by atoms with van der Waals surface area (Å²) in [5, 5.41) is 12.6. The van der Waals surface area contributed by atoms with Crippen molar-refractivity contribution in [3.63, 3.8) is 0 Å². The third-order valence-electron chi connectivity index (χ3n) is 2.29. The molecule has 1 unspecified atom stereocenters. The van der Waals surface area contributed by atoms with E-state index in [1.54, 1.807) is 0 Å². The summed E-state index contributed by atoms with van der Waals surface area (Å²) < 4.78 is 0. The molecule has 1 rings (SSSR count). The van der Waals surface area contributed by atoms with Gasteiger partial charge < -0.3 is 5.32 Å². The molecule has 0 saturated carbocycles. The number of hydrogen-bond donors (Lipinski definition) is 1. The minimum Gasteiger partial charge on any atom is -0.316 e. The molecule has 1 aliphatic rings. The number of hydrogen-bond acceptors (Lipinski definition) is 3. The number of rotatable bonds is 6. The highest BCUT2D eigenvalue weighted by atomic mass is 32.2. The first-order valence-corrected chi connectivity index (χ1v) is 6.17. The van der Waals surface area contributed by atoms with Gasteiger partial charge in [0.25, 0.3) is 0 Å². The predicted molar refractivity (Wildman–Crippen MR) is 57.8 cm³/mol. The minimum absolute atomic E-state index is 0.708. The molecule has 1 aliphatic heterocycles. The highest BCUT2D eigenvalue weighted by molar-refractivity contribution is 8.00. The van der Waals surface area contributed by atoms with Gasteiger partial charge in [0.1, 0.15) is 0 Å². The Balaban J connectivity index is 1.81. The smallest absolute Gasteiger partial charge is 0.0621 e. The van der Waals surface area contributed by atoms with Crippen molar-refractivity contribution in [2.75, 3.05) is 18.8 Å². The van der Waals surface area contributed by atoms with Gasteiger partial charge in [-0.2, -0.15) is 17.0 Å². The lowest BCUT2D eigenvalue weighted by Gasteiger charge is -2.08. The van der Waals surface area contributed by atoms with Gasteiger partial charge in [-0.25, -0.2) is 0 Å². The van der Waals surface area contributed by atoms with Crippen LogP contribution in [0.25, 0.3) is 0 Å². The number of nitrogens with zero attached hydrogens (tertiary/aromatic N) is 1. The Kier molecular flexibility index (Phi) is 6.05. The summed E-state index contributed by atoms with van der Waals surface area (Å²) in [7, 11) is 0. The lowest BCUT2D eigenvalue weighted by Crippen LogP contribution is -2.24. The lowest BCUT2D eigenvalue weighted by atomic mass is 10.2. The van der Waals surface area contributed by atoms with Crippen LogP contribution in [0, 0.1) is 11.3 Å². The Bertz CT molecular complexity index is 159. The molecule has 74 valence electrons. The van der Waals surface area contributed by atoms with Gasteiger partial charge in [0.2, 0.25) is 0 Å². The third-order valence-corrected chi connectivity index (χ3v) is 3.69. The van der Waals surface area contributed by atoms with E-state index in [9.17, 15) is 0 Å². The van der Waals surface area contributed by atoms with E-state index in [0.717, 1.165) is 31.2 Å². The van der Waals surface area contributed by atoms with Gasteiger partial charge in [0, 0.05) is 18.2 Å². The monoisotopic (exact) mass is 198 g/mol. The summed E-state index contributed by atoms with van der Waals surface area (Å²) in [4.78, 5) is 0. The van der Waals surface area contributed by atoms with Gasteiger partial charge in [-0.1, -0.05) is 0 Å². The van der Waals surface area contributed by atoms with Crippen LogP contribution >= 0.6 is 11.8 Å². The van der Waals surface area contributed by atoms with E-state index in [1.807, 2.05) is 0 Å². The van der Waals surface area contributed by atoms with Crippen LogP contribution in [-0.4, -0.2) is 24.1 Å². The zero-order chi connectivity index (χ0) is 9.36. The van der Waals surface area contributed by atoms with Crippen LogP contribution in [0.1, 0.15) is 32.1 Å². The Morgan fingerprint density at radius 2 is 2.38 bits per heavy atom. The first-order valence-electron chi connectivity index (χ1n) is 5.13. The maximum absolute atomic E-state index is 8.32. The topological polar surface area (TPSA) is 35.8 Å². The van der Waals surface area contributed by atoms with Crippen LogP contribution in [0.2, 0.25) is 0 Å². The van der Waals surface area contributed by atoms with Crippen LogP contribution in [0.3, 0.4) is 0 Å². The first-order chi connectivity index (χ1) is 6.43. The maximum atomic E-state index is 8.32. The molecular weight excluding hydrogens is 180 g/mol. The van der Waals surface area contributed by atoms with E-state index >= 15 is 0 Å². The highest BCUT2D eigenvalue weighted by Crippen LogP contribution is 2.25. The zero-order valence-corrected chi connectivity index (χ0v) is 8.91. The summed E-state index contributed by atoms with van der Waals surface area (Å²) in [6.07, 6.45) is 5.67. The minimum atomic E-state index is 0.708. The molecule has 1 atom stereocenters. The third kappa shape index (κ3) is 5.17. The zero-order valence-electron chi connectivity index (χ0n) is 8.09. The molecule has 1 heterocycles. The Hall–Kier alpha value is -0.200. The van der Waals surface area contributed by atoms with Gasteiger partial charge in [0.05, 0.1) is 6.07 Å². The molecule has 0 aromatic rings. The fourth-order valence-corrected chi connectivity index (χ4v) is 2.76. The van der Waals surface area contributed by atoms with Gasteiger partial charge in [-0.3, -0.25) is 0 Å². The van der Waals surface area contributed by atoms with Crippen molar-refractivity contribution >= 4 is 11.8 Å². The summed E-state index contributed by atoms with van der Waals surface area (Å²) in [6, 6.07) is 2.17. The second kappa shape index (κ2) is 7.23. The van der Waals surface area contributed by atoms with E-state index < -0.39 is 0 Å². The quantitative estimate of drug-likeness (QED) is 0.664. The second-order valence-corrected chi connectivity index (χ2v) is 4.86. The predicted octanol–water partition coefficient (Wildman–Crippen LogP) is 2.17. The average molecular weight is 198 g/mol.